The maximum atomic E-state index is 12.5. The summed E-state index contributed by atoms with van der Waals surface area (Å²) in [4.78, 5) is 13.5. The number of thioether (sulfide) groups is 1. The molecule has 0 saturated carbocycles. The minimum absolute atomic E-state index is 0.00793. The molecule has 0 unspecified atom stereocenters. The van der Waals surface area contributed by atoms with E-state index in [2.05, 4.69) is 5.32 Å². The molecule has 0 fully saturated rings. The highest BCUT2D eigenvalue weighted by atomic mass is 35.5. The molecular formula is C18H20ClNOS. The second-order valence-electron chi connectivity index (χ2n) is 5.11. The molecule has 0 aliphatic carbocycles. The molecule has 2 atom stereocenters. The highest BCUT2D eigenvalue weighted by molar-refractivity contribution is 8.00. The molecule has 1 amide bonds. The van der Waals surface area contributed by atoms with E-state index in [-0.39, 0.29) is 17.2 Å². The van der Waals surface area contributed by atoms with Gasteiger partial charge in [-0.05, 0) is 43.2 Å². The molecule has 22 heavy (non-hydrogen) atoms. The summed E-state index contributed by atoms with van der Waals surface area (Å²) >= 11 is 7.46. The number of hydrogen-bond donors (Lipinski definition) is 1. The van der Waals surface area contributed by atoms with Gasteiger partial charge in [0, 0.05) is 9.92 Å². The normalized spacial score (nSPS) is 13.4. The van der Waals surface area contributed by atoms with Gasteiger partial charge in [-0.25, -0.2) is 0 Å². The summed E-state index contributed by atoms with van der Waals surface area (Å²) in [5.74, 6) is 0.0683. The molecule has 0 aliphatic rings. The molecule has 0 radical (unpaired) electrons. The Kier molecular flexibility index (Phi) is 6.34. The highest BCUT2D eigenvalue weighted by Gasteiger charge is 2.20. The lowest BCUT2D eigenvalue weighted by atomic mass is 10.1. The van der Waals surface area contributed by atoms with Gasteiger partial charge in [-0.3, -0.25) is 4.79 Å². The van der Waals surface area contributed by atoms with Crippen LogP contribution in [0, 0.1) is 0 Å². The van der Waals surface area contributed by atoms with Crippen molar-refractivity contribution in [2.45, 2.75) is 36.5 Å². The summed E-state index contributed by atoms with van der Waals surface area (Å²) in [5, 5.41) is 3.70. The fraction of sp³-hybridized carbons (Fsp3) is 0.278. The molecule has 0 bridgehead atoms. The number of halogens is 1. The lowest BCUT2D eigenvalue weighted by molar-refractivity contribution is -0.121. The van der Waals surface area contributed by atoms with Gasteiger partial charge in [-0.2, -0.15) is 0 Å². The van der Waals surface area contributed by atoms with E-state index >= 15 is 0 Å². The van der Waals surface area contributed by atoms with E-state index in [1.54, 1.807) is 11.8 Å². The van der Waals surface area contributed by atoms with Crippen LogP contribution in [-0.2, 0) is 4.79 Å². The summed E-state index contributed by atoms with van der Waals surface area (Å²) in [6, 6.07) is 17.6. The van der Waals surface area contributed by atoms with E-state index in [0.717, 1.165) is 16.9 Å². The zero-order valence-electron chi connectivity index (χ0n) is 12.8. The third-order valence-electron chi connectivity index (χ3n) is 3.41. The molecule has 116 valence electrons. The zero-order chi connectivity index (χ0) is 15.9. The predicted molar refractivity (Wildman–Crippen MR) is 94.4 cm³/mol. The second kappa shape index (κ2) is 8.25. The number of hydrogen-bond acceptors (Lipinski definition) is 2. The third kappa shape index (κ3) is 4.79. The first-order valence-electron chi connectivity index (χ1n) is 7.37. The van der Waals surface area contributed by atoms with Gasteiger partial charge >= 0.3 is 0 Å². The fourth-order valence-electron chi connectivity index (χ4n) is 2.13. The molecule has 1 N–H and O–H groups in total. The van der Waals surface area contributed by atoms with Gasteiger partial charge in [-0.1, -0.05) is 48.9 Å². The number of carbonyl (C=O) groups excluding carboxylic acids is 1. The van der Waals surface area contributed by atoms with Crippen LogP contribution in [0.25, 0.3) is 0 Å². The van der Waals surface area contributed by atoms with Gasteiger partial charge in [-0.15, -0.1) is 11.8 Å². The summed E-state index contributed by atoms with van der Waals surface area (Å²) in [7, 11) is 0. The van der Waals surface area contributed by atoms with Crippen molar-refractivity contribution in [3.8, 4) is 0 Å². The van der Waals surface area contributed by atoms with Crippen molar-refractivity contribution in [2.75, 3.05) is 0 Å². The molecule has 0 aromatic heterocycles. The Balaban J connectivity index is 1.98. The minimum atomic E-state index is -0.104. The molecule has 2 nitrogen and oxygen atoms in total. The van der Waals surface area contributed by atoms with E-state index in [1.165, 1.54) is 0 Å². The van der Waals surface area contributed by atoms with E-state index in [1.807, 2.05) is 68.4 Å². The van der Waals surface area contributed by atoms with E-state index in [9.17, 15) is 4.79 Å². The maximum Gasteiger partial charge on any atom is 0.233 e. The first-order valence-corrected chi connectivity index (χ1v) is 8.63. The van der Waals surface area contributed by atoms with Crippen LogP contribution in [-0.4, -0.2) is 11.2 Å². The first kappa shape index (κ1) is 16.9. The van der Waals surface area contributed by atoms with Crippen LogP contribution in [0.2, 0.25) is 5.02 Å². The van der Waals surface area contributed by atoms with Gasteiger partial charge in [0.2, 0.25) is 5.91 Å². The van der Waals surface area contributed by atoms with E-state index < -0.39 is 0 Å². The van der Waals surface area contributed by atoms with Gasteiger partial charge < -0.3 is 5.32 Å². The average Bonchev–Trinajstić information content (AvgIpc) is 2.55. The van der Waals surface area contributed by atoms with Crippen LogP contribution in [0.5, 0.6) is 0 Å². The summed E-state index contributed by atoms with van der Waals surface area (Å²) in [6.07, 6.45) is 0.778. The van der Waals surface area contributed by atoms with Crippen LogP contribution in [0.4, 0.5) is 0 Å². The van der Waals surface area contributed by atoms with Crippen LogP contribution >= 0.6 is 23.4 Å². The van der Waals surface area contributed by atoms with Crippen molar-refractivity contribution in [1.29, 1.82) is 0 Å². The summed E-state index contributed by atoms with van der Waals surface area (Å²) < 4.78 is 0. The molecule has 2 rings (SSSR count). The predicted octanol–water partition coefficient (Wildman–Crippen LogP) is 5.09. The van der Waals surface area contributed by atoms with Crippen molar-refractivity contribution in [1.82, 2.24) is 5.32 Å². The number of nitrogens with one attached hydrogen (secondary N) is 1. The number of benzene rings is 2. The largest absolute Gasteiger partial charge is 0.349 e. The Hall–Kier alpha value is -1.45. The highest BCUT2D eigenvalue weighted by Crippen LogP contribution is 2.27. The number of amides is 1. The van der Waals surface area contributed by atoms with Crippen molar-refractivity contribution in [2.24, 2.45) is 0 Å². The maximum absolute atomic E-state index is 12.5. The topological polar surface area (TPSA) is 29.1 Å². The Morgan fingerprint density at radius 1 is 1.14 bits per heavy atom. The summed E-state index contributed by atoms with van der Waals surface area (Å²) in [5.41, 5.74) is 1.11. The molecule has 2 aromatic carbocycles. The second-order valence-corrected chi connectivity index (χ2v) is 6.82. The number of carbonyl (C=O) groups is 1. The fourth-order valence-corrected chi connectivity index (χ4v) is 3.22. The van der Waals surface area contributed by atoms with Crippen LogP contribution in [0.3, 0.4) is 0 Å². The van der Waals surface area contributed by atoms with Crippen molar-refractivity contribution < 1.29 is 4.79 Å². The zero-order valence-corrected chi connectivity index (χ0v) is 14.3. The Morgan fingerprint density at radius 3 is 2.36 bits per heavy atom. The molecule has 0 aliphatic heterocycles. The quantitative estimate of drug-likeness (QED) is 0.746. The SMILES string of the molecule is CC[C@@H](Sc1ccc(Cl)cc1)C(=O)N[C@H](C)c1ccccc1. The van der Waals surface area contributed by atoms with Crippen molar-refractivity contribution in [3.05, 3.63) is 65.2 Å². The molecule has 0 saturated heterocycles. The van der Waals surface area contributed by atoms with E-state index in [4.69, 9.17) is 11.6 Å². The molecule has 0 heterocycles. The Bertz CT molecular complexity index is 600. The Labute approximate surface area is 141 Å². The molecular weight excluding hydrogens is 314 g/mol. The van der Waals surface area contributed by atoms with E-state index in [0.29, 0.717) is 5.02 Å². The van der Waals surface area contributed by atoms with Gasteiger partial charge in [0.15, 0.2) is 0 Å². The third-order valence-corrected chi connectivity index (χ3v) is 5.04. The summed E-state index contributed by atoms with van der Waals surface area (Å²) in [6.45, 7) is 4.03. The lowest BCUT2D eigenvalue weighted by Gasteiger charge is -2.19. The first-order chi connectivity index (χ1) is 10.6. The van der Waals surface area contributed by atoms with Crippen molar-refractivity contribution >= 4 is 29.3 Å². The number of rotatable bonds is 6. The van der Waals surface area contributed by atoms with Crippen LogP contribution in [0.1, 0.15) is 31.9 Å². The van der Waals surface area contributed by atoms with Crippen LogP contribution in [0.15, 0.2) is 59.5 Å². The lowest BCUT2D eigenvalue weighted by Crippen LogP contribution is -2.34. The van der Waals surface area contributed by atoms with Gasteiger partial charge in [0.05, 0.1) is 11.3 Å². The standard InChI is InChI=1S/C18H20ClNOS/c1-3-17(22-16-11-9-15(19)10-12-16)18(21)20-13(2)14-7-5-4-6-8-14/h4-13,17H,3H2,1-2H3,(H,20,21)/t13-,17-/m1/s1. The molecule has 4 heteroatoms. The van der Waals surface area contributed by atoms with Gasteiger partial charge in [0.1, 0.15) is 0 Å². The average molecular weight is 334 g/mol. The monoisotopic (exact) mass is 333 g/mol. The van der Waals surface area contributed by atoms with Gasteiger partial charge in [0.25, 0.3) is 0 Å². The van der Waals surface area contributed by atoms with Crippen molar-refractivity contribution in [3.63, 3.8) is 0 Å². The Morgan fingerprint density at radius 2 is 1.77 bits per heavy atom. The smallest absolute Gasteiger partial charge is 0.233 e. The molecule has 2 aromatic rings. The molecule has 0 spiro atoms. The minimum Gasteiger partial charge on any atom is -0.349 e. The van der Waals surface area contributed by atoms with Crippen LogP contribution < -0.4 is 5.32 Å².